The maximum absolute atomic E-state index is 8.06. The van der Waals surface area contributed by atoms with Gasteiger partial charge in [0.05, 0.1) is 0 Å². The topological polar surface area (TPSA) is 46.5 Å². The smallest absolute Gasteiger partial charge is 0.245 e. The van der Waals surface area contributed by atoms with Gasteiger partial charge >= 0.3 is 0 Å². The summed E-state index contributed by atoms with van der Waals surface area (Å²) in [6.07, 6.45) is 0. The van der Waals surface area contributed by atoms with Crippen molar-refractivity contribution in [3.63, 3.8) is 0 Å². The Morgan fingerprint density at radius 3 is 1.09 bits per heavy atom. The molecule has 1 radical (unpaired) electrons. The standard InChI is InChI=1S/2C2H5NOS.Cu/c2*1-3(4)2-5;/h2*2,4H,1H3;/p+2. The van der Waals surface area contributed by atoms with Crippen LogP contribution >= 0.6 is 25.3 Å². The largest absolute Gasteiger partial charge is 0.291 e. The Hall–Kier alpha value is 0.159. The minimum absolute atomic E-state index is 0. The van der Waals surface area contributed by atoms with E-state index in [-0.39, 0.29) is 17.1 Å². The molecule has 11 heavy (non-hydrogen) atoms. The second-order valence-corrected chi connectivity index (χ2v) is 1.84. The average molecular weight is 248 g/mol. The van der Waals surface area contributed by atoms with Gasteiger partial charge in [-0.15, -0.1) is 0 Å². The SMILES string of the molecule is C/[N+](O)=C/S.C/[N+](O)=C/S.[Cu]. The number of rotatable bonds is 0. The van der Waals surface area contributed by atoms with Crippen LogP contribution in [0.4, 0.5) is 0 Å². The van der Waals surface area contributed by atoms with Crippen LogP contribution in [0.1, 0.15) is 0 Å². The van der Waals surface area contributed by atoms with Crippen molar-refractivity contribution >= 4 is 36.4 Å². The molecule has 0 aromatic rings. The summed E-state index contributed by atoms with van der Waals surface area (Å²) in [5.41, 5.74) is 2.50. The summed E-state index contributed by atoms with van der Waals surface area (Å²) < 4.78 is 1.73. The van der Waals surface area contributed by atoms with E-state index >= 15 is 0 Å². The Kier molecular flexibility index (Phi) is 20.1. The number of hydrogen-bond acceptors (Lipinski definition) is 2. The predicted molar refractivity (Wildman–Crippen MR) is 46.0 cm³/mol. The average Bonchev–Trinajstić information content (AvgIpc) is 1.89. The van der Waals surface area contributed by atoms with Gasteiger partial charge in [-0.3, -0.25) is 10.4 Å². The number of hydrogen-bond donors (Lipinski definition) is 4. The first-order chi connectivity index (χ1) is 4.54. The van der Waals surface area contributed by atoms with Crippen molar-refractivity contribution < 1.29 is 37.0 Å². The fourth-order valence-electron chi connectivity index (χ4n) is 0. The molecule has 4 nitrogen and oxygen atoms in total. The zero-order chi connectivity index (χ0) is 8.57. The Morgan fingerprint density at radius 2 is 1.09 bits per heavy atom. The monoisotopic (exact) mass is 247 g/mol. The van der Waals surface area contributed by atoms with Gasteiger partial charge in [0, 0.05) is 17.1 Å². The van der Waals surface area contributed by atoms with Crippen molar-refractivity contribution in [3.05, 3.63) is 0 Å². The van der Waals surface area contributed by atoms with Crippen LogP contribution in [0.5, 0.6) is 0 Å². The Morgan fingerprint density at radius 1 is 1.00 bits per heavy atom. The molecule has 0 aliphatic rings. The molecule has 0 aliphatic carbocycles. The van der Waals surface area contributed by atoms with Crippen LogP contribution in [0.25, 0.3) is 0 Å². The summed E-state index contributed by atoms with van der Waals surface area (Å²) >= 11 is 7.13. The van der Waals surface area contributed by atoms with Crippen molar-refractivity contribution in [1.29, 1.82) is 0 Å². The molecular weight excluding hydrogens is 236 g/mol. The molecule has 0 heterocycles. The third kappa shape index (κ3) is 39.1. The van der Waals surface area contributed by atoms with Crippen LogP contribution in [0.15, 0.2) is 0 Å². The van der Waals surface area contributed by atoms with Gasteiger partial charge in [-0.25, -0.2) is 0 Å². The number of hydroxylamine groups is 2. The minimum Gasteiger partial charge on any atom is -0.291 e. The van der Waals surface area contributed by atoms with E-state index in [4.69, 9.17) is 10.4 Å². The van der Waals surface area contributed by atoms with Crippen LogP contribution in [0.2, 0.25) is 0 Å². The van der Waals surface area contributed by atoms with Gasteiger partial charge < -0.3 is 0 Å². The van der Waals surface area contributed by atoms with Crippen molar-refractivity contribution in [2.24, 2.45) is 0 Å². The van der Waals surface area contributed by atoms with E-state index in [0.29, 0.717) is 0 Å². The van der Waals surface area contributed by atoms with E-state index in [0.717, 1.165) is 9.48 Å². The van der Waals surface area contributed by atoms with Gasteiger partial charge in [-0.2, -0.15) is 0 Å². The first-order valence-electron chi connectivity index (χ1n) is 2.33. The number of nitrogens with zero attached hydrogens (tertiary/aromatic N) is 2. The third-order valence-corrected chi connectivity index (χ3v) is 1.00. The predicted octanol–water partition coefficient (Wildman–Crippen LogP) is -0.0505. The van der Waals surface area contributed by atoms with E-state index in [2.05, 4.69) is 25.3 Å². The molecule has 2 N–H and O–H groups in total. The molecule has 0 aliphatic heterocycles. The fourth-order valence-corrected chi connectivity index (χ4v) is 0. The van der Waals surface area contributed by atoms with E-state index in [9.17, 15) is 0 Å². The van der Waals surface area contributed by atoms with Gasteiger partial charge in [0.1, 0.15) is 0 Å². The van der Waals surface area contributed by atoms with Gasteiger partial charge in [0.15, 0.2) is 14.1 Å². The minimum atomic E-state index is 0. The fraction of sp³-hybridized carbons (Fsp3) is 0.500. The van der Waals surface area contributed by atoms with E-state index in [1.165, 1.54) is 25.2 Å². The Balaban J connectivity index is -0.000000107. The number of thiol groups is 2. The van der Waals surface area contributed by atoms with Gasteiger partial charge in [0.2, 0.25) is 11.1 Å². The first kappa shape index (κ1) is 17.3. The molecule has 0 aromatic carbocycles. The summed E-state index contributed by atoms with van der Waals surface area (Å²) in [4.78, 5) is 0. The maximum atomic E-state index is 8.06. The van der Waals surface area contributed by atoms with Crippen LogP contribution in [0, 0.1) is 0 Å². The molecular formula is C4H12CuN2O2S2+2. The van der Waals surface area contributed by atoms with Crippen molar-refractivity contribution in [1.82, 2.24) is 0 Å². The quantitative estimate of drug-likeness (QED) is 0.0923. The molecule has 0 spiro atoms. The molecule has 0 atom stereocenters. The van der Waals surface area contributed by atoms with Crippen LogP contribution in [-0.2, 0) is 17.1 Å². The molecule has 7 heteroatoms. The zero-order valence-corrected chi connectivity index (χ0v) is 8.87. The molecule has 0 saturated carbocycles. The molecule has 71 valence electrons. The molecule has 0 aromatic heterocycles. The van der Waals surface area contributed by atoms with E-state index in [1.807, 2.05) is 0 Å². The summed E-state index contributed by atoms with van der Waals surface area (Å²) in [7, 11) is 2.96. The van der Waals surface area contributed by atoms with Crippen LogP contribution in [0.3, 0.4) is 0 Å². The molecule has 0 fully saturated rings. The maximum Gasteiger partial charge on any atom is 0.245 e. The first-order valence-corrected chi connectivity index (χ1v) is 3.36. The van der Waals surface area contributed by atoms with Crippen molar-refractivity contribution in [3.8, 4) is 0 Å². The van der Waals surface area contributed by atoms with E-state index < -0.39 is 0 Å². The molecule has 0 amide bonds. The normalized spacial score (nSPS) is 10.9. The zero-order valence-electron chi connectivity index (χ0n) is 6.14. The van der Waals surface area contributed by atoms with Gasteiger partial charge in [-0.1, -0.05) is 25.3 Å². The summed E-state index contributed by atoms with van der Waals surface area (Å²) in [6, 6.07) is 0. The van der Waals surface area contributed by atoms with Crippen molar-refractivity contribution in [2.45, 2.75) is 0 Å². The third-order valence-electron chi connectivity index (χ3n) is 0.334. The Labute approximate surface area is 87.5 Å². The summed E-state index contributed by atoms with van der Waals surface area (Å²) in [5, 5.41) is 16.1. The molecule has 0 unspecified atom stereocenters. The molecule has 0 rings (SSSR count). The van der Waals surface area contributed by atoms with Gasteiger partial charge in [0.25, 0.3) is 0 Å². The second kappa shape index (κ2) is 12.8. The van der Waals surface area contributed by atoms with Crippen molar-refractivity contribution in [2.75, 3.05) is 14.1 Å². The van der Waals surface area contributed by atoms with Gasteiger partial charge in [-0.05, 0) is 9.48 Å². The molecule has 0 saturated heterocycles. The summed E-state index contributed by atoms with van der Waals surface area (Å²) in [6.45, 7) is 0. The van der Waals surface area contributed by atoms with Crippen LogP contribution < -0.4 is 0 Å². The molecule has 0 bridgehead atoms. The van der Waals surface area contributed by atoms with E-state index in [1.54, 1.807) is 0 Å². The Bertz CT molecular complexity index is 116. The second-order valence-electron chi connectivity index (χ2n) is 1.38. The summed E-state index contributed by atoms with van der Waals surface area (Å²) in [5.74, 6) is 0. The van der Waals surface area contributed by atoms with Crippen LogP contribution in [-0.4, -0.2) is 45.1 Å².